The van der Waals surface area contributed by atoms with Gasteiger partial charge in [0.05, 0.1) is 38.5 Å². The minimum absolute atomic E-state index is 0.204. The Balaban J connectivity index is 1.89. The van der Waals surface area contributed by atoms with Gasteiger partial charge in [-0.25, -0.2) is 0 Å². The molecule has 0 radical (unpaired) electrons. The molecule has 0 aromatic heterocycles. The molecule has 6 nitrogen and oxygen atoms in total. The zero-order valence-corrected chi connectivity index (χ0v) is 9.01. The zero-order chi connectivity index (χ0) is 11.4. The summed E-state index contributed by atoms with van der Waals surface area (Å²) in [6, 6.07) is 0.407. The van der Waals surface area contributed by atoms with E-state index >= 15 is 0 Å². The summed E-state index contributed by atoms with van der Waals surface area (Å²) in [7, 11) is 2.64. The largest absolute Gasteiger partial charge is 0.469 e. The van der Waals surface area contributed by atoms with Crippen LogP contribution in [0.15, 0.2) is 0 Å². The van der Waals surface area contributed by atoms with E-state index in [9.17, 15) is 9.59 Å². The number of carbonyl (C=O) groups is 2. The SMILES string of the molecule is COC(=O)[C@H]1[C@@H]2O[C@@H]([C@H]3N[C@H]32)[C@@H]1C(=O)OC. The summed E-state index contributed by atoms with van der Waals surface area (Å²) in [6.07, 6.45) is -0.488. The first-order chi connectivity index (χ1) is 7.69. The van der Waals surface area contributed by atoms with Gasteiger partial charge >= 0.3 is 11.9 Å². The molecule has 0 spiro atoms. The van der Waals surface area contributed by atoms with Crippen molar-refractivity contribution >= 4 is 11.9 Å². The van der Waals surface area contributed by atoms with E-state index in [2.05, 4.69) is 5.32 Å². The number of esters is 2. The monoisotopic (exact) mass is 227 g/mol. The zero-order valence-electron chi connectivity index (χ0n) is 9.01. The van der Waals surface area contributed by atoms with Crippen molar-refractivity contribution in [2.75, 3.05) is 14.2 Å². The fourth-order valence-corrected chi connectivity index (χ4v) is 2.97. The second kappa shape index (κ2) is 3.18. The van der Waals surface area contributed by atoms with Crippen molar-refractivity contribution in [1.82, 2.24) is 5.32 Å². The van der Waals surface area contributed by atoms with Crippen LogP contribution < -0.4 is 5.32 Å². The van der Waals surface area contributed by atoms with E-state index in [0.29, 0.717) is 0 Å². The molecular formula is C10H13NO5. The van der Waals surface area contributed by atoms with Gasteiger partial charge in [-0.3, -0.25) is 9.59 Å². The van der Waals surface area contributed by atoms with Gasteiger partial charge in [-0.2, -0.15) is 0 Å². The quantitative estimate of drug-likeness (QED) is 0.465. The van der Waals surface area contributed by atoms with Crippen molar-refractivity contribution in [2.45, 2.75) is 24.3 Å². The Morgan fingerprint density at radius 3 is 1.81 bits per heavy atom. The van der Waals surface area contributed by atoms with Crippen LogP contribution in [0.5, 0.6) is 0 Å². The van der Waals surface area contributed by atoms with Crippen LogP contribution in [0, 0.1) is 11.8 Å². The van der Waals surface area contributed by atoms with Crippen molar-refractivity contribution in [3.8, 4) is 0 Å². The molecule has 3 aliphatic heterocycles. The highest BCUT2D eigenvalue weighted by atomic mass is 16.6. The molecule has 0 aliphatic carbocycles. The molecule has 0 aromatic carbocycles. The Morgan fingerprint density at radius 1 is 1.00 bits per heavy atom. The molecule has 3 heterocycles. The van der Waals surface area contributed by atoms with Crippen LogP contribution in [-0.4, -0.2) is 50.4 Å². The molecular weight excluding hydrogens is 214 g/mol. The van der Waals surface area contributed by atoms with Gasteiger partial charge in [-0.1, -0.05) is 0 Å². The summed E-state index contributed by atoms with van der Waals surface area (Å²) < 4.78 is 15.1. The van der Waals surface area contributed by atoms with E-state index in [0.717, 1.165) is 0 Å². The van der Waals surface area contributed by atoms with Crippen LogP contribution in [0.1, 0.15) is 0 Å². The van der Waals surface area contributed by atoms with Crippen molar-refractivity contribution in [2.24, 2.45) is 11.8 Å². The van der Waals surface area contributed by atoms with Crippen LogP contribution >= 0.6 is 0 Å². The van der Waals surface area contributed by atoms with Gasteiger partial charge in [0.2, 0.25) is 0 Å². The van der Waals surface area contributed by atoms with Crippen LogP contribution in [0.25, 0.3) is 0 Å². The fraction of sp³-hybridized carbons (Fsp3) is 0.800. The minimum atomic E-state index is -0.529. The van der Waals surface area contributed by atoms with E-state index in [4.69, 9.17) is 14.2 Å². The standard InChI is InChI=1S/C10H13NO5/c1-14-9(12)3-4(10(13)15-2)8-6-5(11-6)7(3)16-8/h3-8,11H,1-2H3/t3-,4-,5-,6+,7+,8-/m1/s1. The second-order valence-corrected chi connectivity index (χ2v) is 4.38. The third-order valence-corrected chi connectivity index (χ3v) is 3.73. The molecule has 0 aromatic rings. The number of hydrogen-bond donors (Lipinski definition) is 1. The number of morpholine rings is 1. The van der Waals surface area contributed by atoms with Crippen molar-refractivity contribution in [1.29, 1.82) is 0 Å². The number of carbonyl (C=O) groups excluding carboxylic acids is 2. The Bertz CT molecular complexity index is 325. The highest BCUT2D eigenvalue weighted by molar-refractivity contribution is 5.85. The lowest BCUT2D eigenvalue weighted by Gasteiger charge is -2.22. The molecule has 88 valence electrons. The highest BCUT2D eigenvalue weighted by Gasteiger charge is 2.71. The Morgan fingerprint density at radius 2 is 1.44 bits per heavy atom. The molecule has 3 saturated heterocycles. The van der Waals surface area contributed by atoms with Gasteiger partial charge in [0.15, 0.2) is 0 Å². The lowest BCUT2D eigenvalue weighted by molar-refractivity contribution is -0.157. The average molecular weight is 227 g/mol. The van der Waals surface area contributed by atoms with Crippen molar-refractivity contribution < 1.29 is 23.8 Å². The molecule has 0 unspecified atom stereocenters. The Kier molecular flexibility index (Phi) is 1.99. The number of rotatable bonds is 2. The lowest BCUT2D eigenvalue weighted by Crippen LogP contribution is -2.42. The fourth-order valence-electron chi connectivity index (χ4n) is 2.97. The number of ether oxygens (including phenoxy) is 3. The van der Waals surface area contributed by atoms with E-state index in [1.807, 2.05) is 0 Å². The molecule has 1 N–H and O–H groups in total. The second-order valence-electron chi connectivity index (χ2n) is 4.38. The highest BCUT2D eigenvalue weighted by Crippen LogP contribution is 2.50. The molecule has 6 heteroatoms. The summed E-state index contributed by atoms with van der Waals surface area (Å²) in [5.74, 6) is -1.84. The third-order valence-electron chi connectivity index (χ3n) is 3.73. The van der Waals surface area contributed by atoms with Gasteiger partial charge in [0.1, 0.15) is 11.8 Å². The number of hydrogen-bond acceptors (Lipinski definition) is 6. The topological polar surface area (TPSA) is 83.8 Å². The van der Waals surface area contributed by atoms with Gasteiger partial charge in [0.25, 0.3) is 0 Å². The molecule has 3 rings (SSSR count). The Hall–Kier alpha value is -1.14. The molecule has 2 bridgehead atoms. The van der Waals surface area contributed by atoms with Crippen molar-refractivity contribution in [3.63, 3.8) is 0 Å². The van der Waals surface area contributed by atoms with E-state index in [-0.39, 0.29) is 24.3 Å². The molecule has 16 heavy (non-hydrogen) atoms. The smallest absolute Gasteiger partial charge is 0.312 e. The number of nitrogens with one attached hydrogen (secondary N) is 1. The third kappa shape index (κ3) is 1.08. The predicted molar refractivity (Wildman–Crippen MR) is 50.4 cm³/mol. The Labute approximate surface area is 92.2 Å². The lowest BCUT2D eigenvalue weighted by atomic mass is 9.79. The molecule has 0 saturated carbocycles. The predicted octanol–water partition coefficient (Wildman–Crippen LogP) is -1.31. The van der Waals surface area contributed by atoms with Gasteiger partial charge in [-0.05, 0) is 0 Å². The normalized spacial score (nSPS) is 47.4. The summed E-state index contributed by atoms with van der Waals surface area (Å²) in [5.41, 5.74) is 0. The molecule has 3 fully saturated rings. The first kappa shape index (κ1) is 10.0. The van der Waals surface area contributed by atoms with Crippen LogP contribution in [0.2, 0.25) is 0 Å². The molecule has 0 amide bonds. The van der Waals surface area contributed by atoms with E-state index < -0.39 is 23.8 Å². The van der Waals surface area contributed by atoms with Crippen LogP contribution in [0.3, 0.4) is 0 Å². The maximum atomic E-state index is 11.7. The summed E-state index contributed by atoms with van der Waals surface area (Å²) in [4.78, 5) is 23.3. The first-order valence-corrected chi connectivity index (χ1v) is 5.26. The van der Waals surface area contributed by atoms with E-state index in [1.165, 1.54) is 14.2 Å². The first-order valence-electron chi connectivity index (χ1n) is 5.26. The minimum Gasteiger partial charge on any atom is -0.469 e. The molecule has 3 aliphatic rings. The van der Waals surface area contributed by atoms with Gasteiger partial charge in [0, 0.05) is 0 Å². The number of methoxy groups -OCH3 is 2. The van der Waals surface area contributed by atoms with Crippen LogP contribution in [-0.2, 0) is 23.8 Å². The average Bonchev–Trinajstić information content (AvgIpc) is 2.93. The summed E-state index contributed by atoms with van der Waals surface area (Å²) >= 11 is 0. The van der Waals surface area contributed by atoms with Crippen LogP contribution in [0.4, 0.5) is 0 Å². The van der Waals surface area contributed by atoms with E-state index in [1.54, 1.807) is 0 Å². The summed E-state index contributed by atoms with van der Waals surface area (Å²) in [6.45, 7) is 0. The van der Waals surface area contributed by atoms with Crippen molar-refractivity contribution in [3.05, 3.63) is 0 Å². The number of fused-ring (bicyclic) bond motifs is 5. The summed E-state index contributed by atoms with van der Waals surface area (Å²) in [5, 5.41) is 3.21. The maximum absolute atomic E-state index is 11.7. The van der Waals surface area contributed by atoms with Gasteiger partial charge in [-0.15, -0.1) is 0 Å². The molecule has 6 atom stereocenters. The maximum Gasteiger partial charge on any atom is 0.312 e. The van der Waals surface area contributed by atoms with Gasteiger partial charge < -0.3 is 19.5 Å².